The van der Waals surface area contributed by atoms with Gasteiger partial charge >= 0.3 is 0 Å². The Labute approximate surface area is 114 Å². The van der Waals surface area contributed by atoms with Crippen LogP contribution < -0.4 is 5.32 Å². The standard InChI is InChI=1S/C14H23N3O2/c1-2-12-11(7-9-18-12)14-17-16-13(19-14)4-3-8-15-10-5-6-10/h10-12,15H,2-9H2,1H3. The monoisotopic (exact) mass is 265 g/mol. The summed E-state index contributed by atoms with van der Waals surface area (Å²) in [4.78, 5) is 0. The second-order valence-corrected chi connectivity index (χ2v) is 5.58. The number of hydrogen-bond donors (Lipinski definition) is 1. The van der Waals surface area contributed by atoms with E-state index in [0.717, 1.165) is 56.7 Å². The summed E-state index contributed by atoms with van der Waals surface area (Å²) in [6, 6.07) is 0.777. The molecular formula is C14H23N3O2. The molecule has 2 heterocycles. The van der Waals surface area contributed by atoms with Gasteiger partial charge in [0.1, 0.15) is 0 Å². The van der Waals surface area contributed by atoms with Crippen LogP contribution in [-0.2, 0) is 11.2 Å². The molecule has 1 aromatic rings. The molecule has 2 atom stereocenters. The minimum absolute atomic E-state index is 0.254. The second-order valence-electron chi connectivity index (χ2n) is 5.58. The first-order valence-corrected chi connectivity index (χ1v) is 7.54. The molecule has 5 nitrogen and oxygen atoms in total. The highest BCUT2D eigenvalue weighted by Crippen LogP contribution is 2.32. The SMILES string of the molecule is CCC1OCCC1c1nnc(CCCNC2CC2)o1. The molecule has 2 unspecified atom stereocenters. The van der Waals surface area contributed by atoms with Crippen molar-refractivity contribution in [2.24, 2.45) is 0 Å². The Morgan fingerprint density at radius 3 is 2.95 bits per heavy atom. The third-order valence-corrected chi connectivity index (χ3v) is 3.99. The molecule has 3 rings (SSSR count). The number of ether oxygens (including phenoxy) is 1. The zero-order chi connectivity index (χ0) is 13.1. The van der Waals surface area contributed by atoms with E-state index in [1.165, 1.54) is 12.8 Å². The topological polar surface area (TPSA) is 60.2 Å². The fourth-order valence-electron chi connectivity index (χ4n) is 2.68. The fraction of sp³-hybridized carbons (Fsp3) is 0.857. The molecule has 1 aliphatic carbocycles. The van der Waals surface area contributed by atoms with Crippen LogP contribution in [-0.4, -0.2) is 35.5 Å². The van der Waals surface area contributed by atoms with E-state index in [1.807, 2.05) is 0 Å². The summed E-state index contributed by atoms with van der Waals surface area (Å²) in [5.41, 5.74) is 0. The lowest BCUT2D eigenvalue weighted by molar-refractivity contribution is 0.0963. The van der Waals surface area contributed by atoms with Gasteiger partial charge < -0.3 is 14.5 Å². The minimum Gasteiger partial charge on any atom is -0.425 e. The molecule has 1 N–H and O–H groups in total. The van der Waals surface area contributed by atoms with Gasteiger partial charge in [0, 0.05) is 19.1 Å². The van der Waals surface area contributed by atoms with Gasteiger partial charge in [-0.3, -0.25) is 0 Å². The first kappa shape index (κ1) is 13.1. The first-order valence-electron chi connectivity index (χ1n) is 7.54. The molecule has 0 radical (unpaired) electrons. The molecule has 0 amide bonds. The predicted molar refractivity (Wildman–Crippen MR) is 71.0 cm³/mol. The minimum atomic E-state index is 0.254. The maximum atomic E-state index is 5.79. The largest absolute Gasteiger partial charge is 0.425 e. The average Bonchev–Trinajstić information content (AvgIpc) is 2.94. The lowest BCUT2D eigenvalue weighted by atomic mass is 10.00. The van der Waals surface area contributed by atoms with Gasteiger partial charge in [0.2, 0.25) is 11.8 Å². The van der Waals surface area contributed by atoms with Crippen molar-refractivity contribution in [3.8, 4) is 0 Å². The molecule has 1 aromatic heterocycles. The smallest absolute Gasteiger partial charge is 0.222 e. The Morgan fingerprint density at radius 1 is 1.26 bits per heavy atom. The lowest BCUT2D eigenvalue weighted by Crippen LogP contribution is -2.17. The molecule has 0 spiro atoms. The van der Waals surface area contributed by atoms with Crippen LogP contribution in [0.1, 0.15) is 56.7 Å². The summed E-state index contributed by atoms with van der Waals surface area (Å²) in [6.45, 7) is 4.00. The molecule has 1 aliphatic heterocycles. The Morgan fingerprint density at radius 2 is 2.16 bits per heavy atom. The van der Waals surface area contributed by atoms with Crippen LogP contribution in [0, 0.1) is 0 Å². The zero-order valence-electron chi connectivity index (χ0n) is 11.6. The van der Waals surface area contributed by atoms with Gasteiger partial charge in [-0.1, -0.05) is 6.92 Å². The fourth-order valence-corrected chi connectivity index (χ4v) is 2.68. The van der Waals surface area contributed by atoms with Gasteiger partial charge in [-0.15, -0.1) is 10.2 Å². The Bertz CT molecular complexity index is 403. The van der Waals surface area contributed by atoms with Crippen molar-refractivity contribution in [1.29, 1.82) is 0 Å². The van der Waals surface area contributed by atoms with Crippen LogP contribution in [0.5, 0.6) is 0 Å². The van der Waals surface area contributed by atoms with Gasteiger partial charge in [0.15, 0.2) is 0 Å². The normalized spacial score (nSPS) is 27.0. The predicted octanol–water partition coefficient (Wildman–Crippen LogP) is 2.04. The Kier molecular flexibility index (Phi) is 4.13. The molecule has 5 heteroatoms. The zero-order valence-corrected chi connectivity index (χ0v) is 11.6. The van der Waals surface area contributed by atoms with Crippen molar-refractivity contribution in [2.75, 3.05) is 13.2 Å². The first-order chi connectivity index (χ1) is 9.36. The lowest BCUT2D eigenvalue weighted by Gasteiger charge is -2.12. The van der Waals surface area contributed by atoms with Gasteiger partial charge in [0.05, 0.1) is 12.0 Å². The highest BCUT2D eigenvalue weighted by Gasteiger charge is 2.32. The summed E-state index contributed by atoms with van der Waals surface area (Å²) in [5, 5.41) is 11.9. The molecule has 2 fully saturated rings. The van der Waals surface area contributed by atoms with E-state index in [0.29, 0.717) is 5.92 Å². The van der Waals surface area contributed by atoms with Gasteiger partial charge in [-0.25, -0.2) is 0 Å². The molecule has 1 saturated heterocycles. The number of rotatable bonds is 7. The van der Waals surface area contributed by atoms with Crippen LogP contribution >= 0.6 is 0 Å². The van der Waals surface area contributed by atoms with Crippen LogP contribution in [0.15, 0.2) is 4.42 Å². The number of nitrogens with one attached hydrogen (secondary N) is 1. The van der Waals surface area contributed by atoms with E-state index < -0.39 is 0 Å². The van der Waals surface area contributed by atoms with Crippen LogP contribution in [0.25, 0.3) is 0 Å². The molecule has 2 aliphatic rings. The Hall–Kier alpha value is -0.940. The maximum absolute atomic E-state index is 5.79. The molecule has 106 valence electrons. The van der Waals surface area contributed by atoms with Crippen molar-refractivity contribution in [3.05, 3.63) is 11.8 Å². The van der Waals surface area contributed by atoms with Gasteiger partial charge in [-0.2, -0.15) is 0 Å². The number of aryl methyl sites for hydroxylation is 1. The summed E-state index contributed by atoms with van der Waals surface area (Å²) in [5.74, 6) is 1.85. The summed E-state index contributed by atoms with van der Waals surface area (Å²) in [6.07, 6.45) is 6.88. The Balaban J connectivity index is 1.47. The second kappa shape index (κ2) is 6.01. The molecule has 0 bridgehead atoms. The molecule has 1 saturated carbocycles. The molecule has 0 aromatic carbocycles. The number of hydrogen-bond acceptors (Lipinski definition) is 5. The number of nitrogens with zero attached hydrogens (tertiary/aromatic N) is 2. The quantitative estimate of drug-likeness (QED) is 0.764. The van der Waals surface area contributed by atoms with E-state index in [9.17, 15) is 0 Å². The van der Waals surface area contributed by atoms with Gasteiger partial charge in [-0.05, 0) is 38.6 Å². The maximum Gasteiger partial charge on any atom is 0.222 e. The highest BCUT2D eigenvalue weighted by molar-refractivity contribution is 4.98. The van der Waals surface area contributed by atoms with Crippen LogP contribution in [0.2, 0.25) is 0 Å². The van der Waals surface area contributed by atoms with Crippen molar-refractivity contribution < 1.29 is 9.15 Å². The summed E-state index contributed by atoms with van der Waals surface area (Å²) >= 11 is 0. The van der Waals surface area contributed by atoms with E-state index in [4.69, 9.17) is 9.15 Å². The third-order valence-electron chi connectivity index (χ3n) is 3.99. The van der Waals surface area contributed by atoms with Crippen LogP contribution in [0.3, 0.4) is 0 Å². The van der Waals surface area contributed by atoms with E-state index in [1.54, 1.807) is 0 Å². The van der Waals surface area contributed by atoms with Crippen molar-refractivity contribution in [2.45, 2.75) is 63.5 Å². The van der Waals surface area contributed by atoms with E-state index >= 15 is 0 Å². The van der Waals surface area contributed by atoms with E-state index in [-0.39, 0.29) is 6.10 Å². The van der Waals surface area contributed by atoms with Crippen molar-refractivity contribution >= 4 is 0 Å². The van der Waals surface area contributed by atoms with Crippen LogP contribution in [0.4, 0.5) is 0 Å². The average molecular weight is 265 g/mol. The van der Waals surface area contributed by atoms with Crippen molar-refractivity contribution in [3.63, 3.8) is 0 Å². The summed E-state index contributed by atoms with van der Waals surface area (Å²) < 4.78 is 11.5. The third kappa shape index (κ3) is 3.34. The molecule has 19 heavy (non-hydrogen) atoms. The van der Waals surface area contributed by atoms with E-state index in [2.05, 4.69) is 22.4 Å². The molecular weight excluding hydrogens is 242 g/mol. The van der Waals surface area contributed by atoms with Crippen molar-refractivity contribution in [1.82, 2.24) is 15.5 Å². The number of aromatic nitrogens is 2. The summed E-state index contributed by atoms with van der Waals surface area (Å²) in [7, 11) is 0. The highest BCUT2D eigenvalue weighted by atomic mass is 16.5. The van der Waals surface area contributed by atoms with Gasteiger partial charge in [0.25, 0.3) is 0 Å².